The molecule has 0 aliphatic heterocycles. The minimum atomic E-state index is 0.952. The number of alkyl halides is 3. The van der Waals surface area contributed by atoms with Crippen molar-refractivity contribution in [2.24, 2.45) is 0 Å². The van der Waals surface area contributed by atoms with Gasteiger partial charge in [-0.05, 0) is 36.1 Å². The van der Waals surface area contributed by atoms with Gasteiger partial charge in [-0.15, -0.1) is 0 Å². The van der Waals surface area contributed by atoms with Gasteiger partial charge < -0.3 is 0 Å². The van der Waals surface area contributed by atoms with Crippen LogP contribution in [-0.4, -0.2) is 0 Å². The molecule has 138 valence electrons. The zero-order valence-electron chi connectivity index (χ0n) is 15.3. The Morgan fingerprint density at radius 3 is 1.58 bits per heavy atom. The van der Waals surface area contributed by atoms with E-state index in [4.69, 9.17) is 0 Å². The molecule has 0 N–H and O–H groups in total. The van der Waals surface area contributed by atoms with Crippen LogP contribution in [0, 0.1) is 13.8 Å². The van der Waals surface area contributed by atoms with Crippen molar-refractivity contribution >= 4 is 47.8 Å². The molecule has 0 aromatic heterocycles. The Labute approximate surface area is 183 Å². The lowest BCUT2D eigenvalue weighted by atomic mass is 10.1. The first kappa shape index (κ1) is 23.1. The highest BCUT2D eigenvalue weighted by Gasteiger charge is 1.90. The Morgan fingerprint density at radius 1 is 0.577 bits per heavy atom. The maximum Gasteiger partial charge on any atom is 0.0285 e. The van der Waals surface area contributed by atoms with Crippen LogP contribution < -0.4 is 0 Å². The van der Waals surface area contributed by atoms with Gasteiger partial charge in [-0.2, -0.15) is 0 Å². The summed E-state index contributed by atoms with van der Waals surface area (Å²) in [5, 5.41) is 2.86. The molecule has 3 rings (SSSR count). The fraction of sp³-hybridized carbons (Fsp3) is 0.217. The van der Waals surface area contributed by atoms with Gasteiger partial charge in [-0.25, -0.2) is 0 Å². The van der Waals surface area contributed by atoms with E-state index >= 15 is 0 Å². The van der Waals surface area contributed by atoms with Crippen molar-refractivity contribution in [2.75, 3.05) is 0 Å². The minimum Gasteiger partial charge on any atom is -0.0876 e. The topological polar surface area (TPSA) is 0 Å². The van der Waals surface area contributed by atoms with E-state index < -0.39 is 0 Å². The first-order valence-corrected chi connectivity index (χ1v) is 11.8. The smallest absolute Gasteiger partial charge is 0.0285 e. The van der Waals surface area contributed by atoms with Gasteiger partial charge in [-0.1, -0.05) is 132 Å². The van der Waals surface area contributed by atoms with Gasteiger partial charge in [0.25, 0.3) is 0 Å². The Kier molecular flexibility index (Phi) is 12.6. The van der Waals surface area contributed by atoms with E-state index in [2.05, 4.69) is 122 Å². The van der Waals surface area contributed by atoms with Crippen molar-refractivity contribution < 1.29 is 0 Å². The molecule has 0 amide bonds. The second-order valence-electron chi connectivity index (χ2n) is 5.80. The summed E-state index contributed by atoms with van der Waals surface area (Å²) in [5.41, 5.74) is 6.72. The number of aryl methyl sites for hydroxylation is 2. The molecule has 0 saturated carbocycles. The molecule has 0 heterocycles. The average molecular weight is 541 g/mol. The second-order valence-corrected chi connectivity index (χ2v) is 7.48. The summed E-state index contributed by atoms with van der Waals surface area (Å²) >= 11 is 10.2. The van der Waals surface area contributed by atoms with Gasteiger partial charge in [0, 0.05) is 16.0 Å². The third-order valence-corrected chi connectivity index (χ3v) is 5.54. The highest BCUT2D eigenvalue weighted by atomic mass is 79.9. The van der Waals surface area contributed by atoms with E-state index in [1.807, 2.05) is 18.2 Å². The number of hydrogen-bond acceptors (Lipinski definition) is 0. The number of rotatable bonds is 3. The molecule has 26 heavy (non-hydrogen) atoms. The van der Waals surface area contributed by atoms with Crippen molar-refractivity contribution in [3.05, 3.63) is 107 Å². The molecule has 0 aliphatic carbocycles. The van der Waals surface area contributed by atoms with Crippen LogP contribution >= 0.6 is 47.8 Å². The largest absolute Gasteiger partial charge is 0.0876 e. The quantitative estimate of drug-likeness (QED) is 0.293. The van der Waals surface area contributed by atoms with E-state index in [9.17, 15) is 0 Å². The lowest BCUT2D eigenvalue weighted by molar-refractivity contribution is 1.32. The van der Waals surface area contributed by atoms with Gasteiger partial charge in [-0.3, -0.25) is 0 Å². The molecule has 0 spiro atoms. The third-order valence-electron chi connectivity index (χ3n) is 3.64. The lowest BCUT2D eigenvalue weighted by Gasteiger charge is -1.97. The van der Waals surface area contributed by atoms with Crippen LogP contribution in [0.5, 0.6) is 0 Å². The molecule has 3 heteroatoms. The first-order valence-electron chi connectivity index (χ1n) is 8.42. The predicted molar refractivity (Wildman–Crippen MR) is 127 cm³/mol. The molecular weight excluding hydrogens is 516 g/mol. The fourth-order valence-electron chi connectivity index (χ4n) is 2.12. The Morgan fingerprint density at radius 2 is 1.15 bits per heavy atom. The van der Waals surface area contributed by atoms with Crippen LogP contribution in [-0.2, 0) is 16.0 Å². The van der Waals surface area contributed by atoms with Crippen molar-refractivity contribution in [2.45, 2.75) is 29.8 Å². The molecule has 3 aromatic rings. The maximum absolute atomic E-state index is 3.41. The van der Waals surface area contributed by atoms with Crippen LogP contribution in [0.3, 0.4) is 0 Å². The van der Waals surface area contributed by atoms with Crippen LogP contribution in [0.25, 0.3) is 0 Å². The Balaban J connectivity index is 0.000000195. The van der Waals surface area contributed by atoms with Crippen molar-refractivity contribution in [1.82, 2.24) is 0 Å². The normalized spacial score (nSPS) is 9.42. The van der Waals surface area contributed by atoms with Gasteiger partial charge in [0.05, 0.1) is 0 Å². The zero-order chi connectivity index (χ0) is 19.2. The molecule has 0 nitrogen and oxygen atoms in total. The van der Waals surface area contributed by atoms with Gasteiger partial charge in [0.15, 0.2) is 0 Å². The monoisotopic (exact) mass is 538 g/mol. The molecule has 0 bridgehead atoms. The van der Waals surface area contributed by atoms with E-state index in [1.165, 1.54) is 27.8 Å². The molecule has 0 atom stereocenters. The van der Waals surface area contributed by atoms with Crippen LogP contribution in [0.2, 0.25) is 0 Å². The highest BCUT2D eigenvalue weighted by molar-refractivity contribution is 9.09. The molecule has 0 unspecified atom stereocenters. The molecule has 0 saturated heterocycles. The summed E-state index contributed by atoms with van der Waals surface area (Å²) in [6.07, 6.45) is 0. The van der Waals surface area contributed by atoms with Crippen molar-refractivity contribution in [3.63, 3.8) is 0 Å². The van der Waals surface area contributed by atoms with Crippen LogP contribution in [0.1, 0.15) is 27.8 Å². The first-order chi connectivity index (χ1) is 12.6. The summed E-state index contributed by atoms with van der Waals surface area (Å²) in [4.78, 5) is 0. The predicted octanol–water partition coefficient (Wildman–Crippen LogP) is 8.36. The standard InChI is InChI=1S/2C8H9Br.C7H7Br/c1-7-3-2-4-8(5-7)6-9;1-7-4-2-3-5-8(7)6-9;8-6-7-4-2-1-3-5-7/h2*2-5H,6H2,1H3;1-5H,6H2. The van der Waals surface area contributed by atoms with Gasteiger partial charge in [0.2, 0.25) is 0 Å². The summed E-state index contributed by atoms with van der Waals surface area (Å²) < 4.78 is 0. The van der Waals surface area contributed by atoms with Crippen LogP contribution in [0.15, 0.2) is 78.9 Å². The maximum atomic E-state index is 3.41. The second kappa shape index (κ2) is 14.2. The van der Waals surface area contributed by atoms with Crippen LogP contribution in [0.4, 0.5) is 0 Å². The zero-order valence-corrected chi connectivity index (χ0v) is 20.0. The van der Waals surface area contributed by atoms with Crippen molar-refractivity contribution in [1.29, 1.82) is 0 Å². The van der Waals surface area contributed by atoms with Crippen molar-refractivity contribution in [3.8, 4) is 0 Å². The summed E-state index contributed by atoms with van der Waals surface area (Å²) in [6.45, 7) is 4.22. The van der Waals surface area contributed by atoms with E-state index in [1.54, 1.807) is 0 Å². The summed E-state index contributed by atoms with van der Waals surface area (Å²) in [6, 6.07) is 27.1. The summed E-state index contributed by atoms with van der Waals surface area (Å²) in [7, 11) is 0. The molecular formula is C23H25Br3. The molecule has 0 radical (unpaired) electrons. The van der Waals surface area contributed by atoms with Gasteiger partial charge >= 0.3 is 0 Å². The number of benzene rings is 3. The van der Waals surface area contributed by atoms with Gasteiger partial charge in [0.1, 0.15) is 0 Å². The summed E-state index contributed by atoms with van der Waals surface area (Å²) in [5.74, 6) is 0. The average Bonchev–Trinajstić information content (AvgIpc) is 2.70. The van der Waals surface area contributed by atoms with E-state index in [-0.39, 0.29) is 0 Å². The number of hydrogen-bond donors (Lipinski definition) is 0. The van der Waals surface area contributed by atoms with E-state index in [0.717, 1.165) is 16.0 Å². The Bertz CT molecular complexity index is 739. The van der Waals surface area contributed by atoms with E-state index in [0.29, 0.717) is 0 Å². The molecule has 0 aliphatic rings. The third kappa shape index (κ3) is 9.70. The fourth-order valence-corrected chi connectivity index (χ4v) is 3.47. The minimum absolute atomic E-state index is 0.952. The SMILES string of the molecule is BrCc1ccccc1.Cc1cccc(CBr)c1.Cc1ccccc1CBr. The Hall–Kier alpha value is -0.900. The highest BCUT2D eigenvalue weighted by Crippen LogP contribution is 2.10. The lowest BCUT2D eigenvalue weighted by Crippen LogP contribution is -1.80. The number of halogens is 3. The molecule has 3 aromatic carbocycles. The molecule has 0 fully saturated rings.